The molecule has 2 aromatic heterocycles. The highest BCUT2D eigenvalue weighted by atomic mass is 16.5. The number of fused-ring (bicyclic) bond motifs is 2. The molecular formula is C24H26N4O5. The number of carbonyl (C=O) groups excluding carboxylic acids is 2. The molecule has 0 saturated heterocycles. The highest BCUT2D eigenvalue weighted by molar-refractivity contribution is 5.96. The first-order valence-electron chi connectivity index (χ1n) is 10.9. The number of hydrogen-bond donors (Lipinski definition) is 0. The van der Waals surface area contributed by atoms with Gasteiger partial charge in [0.1, 0.15) is 17.9 Å². The van der Waals surface area contributed by atoms with E-state index in [4.69, 9.17) is 14.0 Å². The number of benzene rings is 1. The van der Waals surface area contributed by atoms with Crippen molar-refractivity contribution in [2.75, 3.05) is 33.3 Å². The van der Waals surface area contributed by atoms with E-state index in [-0.39, 0.29) is 30.0 Å². The van der Waals surface area contributed by atoms with Gasteiger partial charge in [-0.15, -0.1) is 0 Å². The Hall–Kier alpha value is -3.88. The largest absolute Gasteiger partial charge is 0.488 e. The molecule has 0 saturated carbocycles. The Morgan fingerprint density at radius 3 is 2.73 bits per heavy atom. The maximum Gasteiger partial charge on any atom is 0.276 e. The van der Waals surface area contributed by atoms with Crippen molar-refractivity contribution in [3.05, 3.63) is 65.7 Å². The van der Waals surface area contributed by atoms with E-state index in [0.29, 0.717) is 48.9 Å². The molecule has 0 fully saturated rings. The van der Waals surface area contributed by atoms with Crippen LogP contribution < -0.4 is 9.47 Å². The average Bonchev–Trinajstić information content (AvgIpc) is 3.30. The summed E-state index contributed by atoms with van der Waals surface area (Å²) in [6, 6.07) is 12.2. The molecule has 4 rings (SSSR count). The summed E-state index contributed by atoms with van der Waals surface area (Å²) in [5.41, 5.74) is 0.572. The number of para-hydroxylation sites is 2. The first-order chi connectivity index (χ1) is 16.1. The van der Waals surface area contributed by atoms with Gasteiger partial charge in [-0.2, -0.15) is 0 Å². The van der Waals surface area contributed by atoms with Gasteiger partial charge in [0.25, 0.3) is 11.8 Å². The van der Waals surface area contributed by atoms with Crippen LogP contribution in [-0.2, 0) is 6.42 Å². The zero-order valence-corrected chi connectivity index (χ0v) is 18.7. The number of aryl methyl sites for hydroxylation is 1. The molecule has 0 atom stereocenters. The molecule has 2 amide bonds. The van der Waals surface area contributed by atoms with E-state index >= 15 is 0 Å². The van der Waals surface area contributed by atoms with E-state index in [9.17, 15) is 9.59 Å². The number of amides is 2. The van der Waals surface area contributed by atoms with E-state index in [0.717, 1.165) is 6.42 Å². The van der Waals surface area contributed by atoms with Crippen LogP contribution in [0.2, 0.25) is 0 Å². The number of ether oxygens (including phenoxy) is 2. The molecule has 1 aliphatic rings. The minimum absolute atomic E-state index is 0.198. The summed E-state index contributed by atoms with van der Waals surface area (Å²) in [6.45, 7) is 3.18. The number of pyridine rings is 1. The Morgan fingerprint density at radius 1 is 1.09 bits per heavy atom. The minimum atomic E-state index is -0.271. The molecule has 0 radical (unpaired) electrons. The van der Waals surface area contributed by atoms with Gasteiger partial charge in [-0.1, -0.05) is 24.2 Å². The van der Waals surface area contributed by atoms with Crippen molar-refractivity contribution in [2.45, 2.75) is 19.8 Å². The molecule has 9 heteroatoms. The SMILES string of the molecule is CCCc1cc(C(=O)N2CCOc3ccccc3Oc3ncccc3C(=O)N(C)CC2)no1. The molecule has 172 valence electrons. The van der Waals surface area contributed by atoms with E-state index in [1.807, 2.05) is 19.1 Å². The maximum absolute atomic E-state index is 13.1. The Labute approximate surface area is 191 Å². The summed E-state index contributed by atoms with van der Waals surface area (Å²) < 4.78 is 17.2. The second-order valence-electron chi connectivity index (χ2n) is 7.70. The molecule has 0 bridgehead atoms. The van der Waals surface area contributed by atoms with Crippen LogP contribution in [0.1, 0.15) is 40.0 Å². The van der Waals surface area contributed by atoms with Gasteiger partial charge in [-0.25, -0.2) is 4.98 Å². The van der Waals surface area contributed by atoms with E-state index in [2.05, 4.69) is 10.1 Å². The van der Waals surface area contributed by atoms with Gasteiger partial charge in [0.2, 0.25) is 5.88 Å². The molecule has 0 spiro atoms. The number of likely N-dealkylation sites (N-methyl/N-ethyl adjacent to an activating group) is 1. The van der Waals surface area contributed by atoms with Gasteiger partial charge in [0.15, 0.2) is 17.2 Å². The molecular weight excluding hydrogens is 424 g/mol. The van der Waals surface area contributed by atoms with Crippen LogP contribution in [0.25, 0.3) is 0 Å². The molecule has 0 aliphatic carbocycles. The lowest BCUT2D eigenvalue weighted by molar-refractivity contribution is 0.0661. The van der Waals surface area contributed by atoms with Crippen LogP contribution in [-0.4, -0.2) is 65.0 Å². The molecule has 0 N–H and O–H groups in total. The topological polar surface area (TPSA) is 98.0 Å². The van der Waals surface area contributed by atoms with Crippen molar-refractivity contribution >= 4 is 11.8 Å². The Bertz CT molecular complexity index is 1130. The maximum atomic E-state index is 13.1. The molecule has 3 aromatic rings. The van der Waals surface area contributed by atoms with Crippen molar-refractivity contribution in [2.24, 2.45) is 0 Å². The fourth-order valence-electron chi connectivity index (χ4n) is 3.49. The first kappa shape index (κ1) is 22.3. The first-order valence-corrected chi connectivity index (χ1v) is 10.9. The highest BCUT2D eigenvalue weighted by Gasteiger charge is 2.24. The molecule has 33 heavy (non-hydrogen) atoms. The number of aromatic nitrogens is 2. The Morgan fingerprint density at radius 2 is 1.91 bits per heavy atom. The van der Waals surface area contributed by atoms with E-state index < -0.39 is 0 Å². The van der Waals surface area contributed by atoms with E-state index in [1.165, 1.54) is 0 Å². The number of carbonyl (C=O) groups is 2. The molecule has 0 unspecified atom stereocenters. The van der Waals surface area contributed by atoms with Crippen LogP contribution in [0, 0.1) is 0 Å². The number of nitrogens with zero attached hydrogens (tertiary/aromatic N) is 4. The highest BCUT2D eigenvalue weighted by Crippen LogP contribution is 2.32. The Kier molecular flexibility index (Phi) is 6.87. The van der Waals surface area contributed by atoms with Crippen LogP contribution in [0.3, 0.4) is 0 Å². The van der Waals surface area contributed by atoms with Gasteiger partial charge in [-0.3, -0.25) is 9.59 Å². The minimum Gasteiger partial charge on any atom is -0.488 e. The van der Waals surface area contributed by atoms with Gasteiger partial charge >= 0.3 is 0 Å². The Balaban J connectivity index is 1.62. The summed E-state index contributed by atoms with van der Waals surface area (Å²) >= 11 is 0. The zero-order valence-electron chi connectivity index (χ0n) is 18.7. The number of hydrogen-bond acceptors (Lipinski definition) is 7. The van der Waals surface area contributed by atoms with Crippen molar-refractivity contribution in [1.29, 1.82) is 0 Å². The van der Waals surface area contributed by atoms with Crippen molar-refractivity contribution in [3.8, 4) is 17.4 Å². The summed E-state index contributed by atoms with van der Waals surface area (Å²) in [6.07, 6.45) is 3.18. The van der Waals surface area contributed by atoms with Crippen LogP contribution in [0.5, 0.6) is 17.4 Å². The lowest BCUT2D eigenvalue weighted by atomic mass is 10.2. The van der Waals surface area contributed by atoms with Gasteiger partial charge in [0.05, 0.1) is 6.54 Å². The van der Waals surface area contributed by atoms with Gasteiger partial charge < -0.3 is 23.8 Å². The molecule has 1 aliphatic heterocycles. The van der Waals surface area contributed by atoms with Crippen LogP contribution in [0.15, 0.2) is 53.2 Å². The third-order valence-electron chi connectivity index (χ3n) is 5.29. The molecule has 1 aromatic carbocycles. The monoisotopic (exact) mass is 450 g/mol. The van der Waals surface area contributed by atoms with Gasteiger partial charge in [0, 0.05) is 38.8 Å². The lowest BCUT2D eigenvalue weighted by Crippen LogP contribution is -2.41. The van der Waals surface area contributed by atoms with Crippen LogP contribution in [0.4, 0.5) is 0 Å². The number of rotatable bonds is 3. The standard InChI is InChI=1S/C24H26N4O5/c1-3-7-17-16-19(26-33-17)24(30)28-13-12-27(2)23(29)18-8-6-11-25-22(18)32-21-10-5-4-9-20(21)31-15-14-28/h4-6,8-11,16H,3,7,12-15H2,1-2H3. The summed E-state index contributed by atoms with van der Waals surface area (Å²) in [4.78, 5) is 33.7. The van der Waals surface area contributed by atoms with Crippen LogP contribution >= 0.6 is 0 Å². The summed E-state index contributed by atoms with van der Waals surface area (Å²) in [5.74, 6) is 1.27. The predicted molar refractivity (Wildman–Crippen MR) is 120 cm³/mol. The van der Waals surface area contributed by atoms with Crippen molar-refractivity contribution < 1.29 is 23.6 Å². The molecule has 3 heterocycles. The zero-order chi connectivity index (χ0) is 23.2. The third kappa shape index (κ3) is 5.14. The average molecular weight is 450 g/mol. The summed E-state index contributed by atoms with van der Waals surface area (Å²) in [5, 5.41) is 3.94. The fourth-order valence-corrected chi connectivity index (χ4v) is 3.49. The second-order valence-corrected chi connectivity index (χ2v) is 7.70. The van der Waals surface area contributed by atoms with Crippen molar-refractivity contribution in [1.82, 2.24) is 19.9 Å². The summed E-state index contributed by atoms with van der Waals surface area (Å²) in [7, 11) is 1.68. The third-order valence-corrected chi connectivity index (χ3v) is 5.29. The lowest BCUT2D eigenvalue weighted by Gasteiger charge is -2.25. The van der Waals surface area contributed by atoms with E-state index in [1.54, 1.807) is 53.4 Å². The van der Waals surface area contributed by atoms with Crippen molar-refractivity contribution in [3.63, 3.8) is 0 Å². The fraction of sp³-hybridized carbons (Fsp3) is 0.333. The second kappa shape index (κ2) is 10.2. The quantitative estimate of drug-likeness (QED) is 0.603. The normalized spacial score (nSPS) is 14.7. The molecule has 9 nitrogen and oxygen atoms in total. The predicted octanol–water partition coefficient (Wildman–Crippen LogP) is 3.42. The smallest absolute Gasteiger partial charge is 0.276 e. The van der Waals surface area contributed by atoms with Gasteiger partial charge in [-0.05, 0) is 30.7 Å².